The van der Waals surface area contributed by atoms with E-state index in [9.17, 15) is 0 Å². The molecule has 0 amide bonds. The Kier molecular flexibility index (Phi) is 3.95. The normalized spacial score (nSPS) is 11.2. The Hall–Kier alpha value is -3.44. The fraction of sp³-hybridized carbons (Fsp3) is 0.0455. The molecule has 3 aromatic carbocycles. The first-order valence-electron chi connectivity index (χ1n) is 8.78. The average molecular weight is 387 g/mol. The molecule has 2 heterocycles. The van der Waals surface area contributed by atoms with E-state index in [4.69, 9.17) is 31.3 Å². The second-order valence-corrected chi connectivity index (χ2v) is 6.77. The van der Waals surface area contributed by atoms with Crippen LogP contribution in [0.3, 0.4) is 0 Å². The van der Waals surface area contributed by atoms with Gasteiger partial charge in [-0.3, -0.25) is 4.57 Å². The van der Waals surface area contributed by atoms with Crippen LogP contribution in [-0.2, 0) is 0 Å². The summed E-state index contributed by atoms with van der Waals surface area (Å²) in [5.74, 6) is 1.55. The Morgan fingerprint density at radius 2 is 1.46 bits per heavy atom. The summed E-state index contributed by atoms with van der Waals surface area (Å²) < 4.78 is 7.30. The van der Waals surface area contributed by atoms with E-state index in [0.29, 0.717) is 16.3 Å². The van der Waals surface area contributed by atoms with Gasteiger partial charge in [0, 0.05) is 16.3 Å². The molecule has 136 valence electrons. The monoisotopic (exact) mass is 386 g/mol. The number of hydrogen-bond acceptors (Lipinski definition) is 4. The Morgan fingerprint density at radius 3 is 2.14 bits per heavy atom. The van der Waals surface area contributed by atoms with E-state index in [1.54, 1.807) is 7.11 Å². The zero-order valence-corrected chi connectivity index (χ0v) is 15.8. The maximum absolute atomic E-state index is 6.07. The molecule has 5 rings (SSSR count). The van der Waals surface area contributed by atoms with Crippen LogP contribution in [0.25, 0.3) is 39.4 Å². The van der Waals surface area contributed by atoms with Crippen LogP contribution in [0.4, 0.5) is 0 Å². The summed E-state index contributed by atoms with van der Waals surface area (Å²) in [5, 5.41) is 0.679. The third-order valence-electron chi connectivity index (χ3n) is 4.60. The molecular weight excluding hydrogens is 372 g/mol. The molecule has 0 saturated heterocycles. The second kappa shape index (κ2) is 6.62. The SMILES string of the molecule is COc1ccc(-n2c(-c3ccc(Cl)cc3)nc3nc4ccccc4nc32)cc1. The highest BCUT2D eigenvalue weighted by molar-refractivity contribution is 6.30. The zero-order valence-electron chi connectivity index (χ0n) is 15.0. The highest BCUT2D eigenvalue weighted by Crippen LogP contribution is 2.29. The van der Waals surface area contributed by atoms with Crippen LogP contribution < -0.4 is 4.74 Å². The minimum Gasteiger partial charge on any atom is -0.497 e. The van der Waals surface area contributed by atoms with Crippen LogP contribution >= 0.6 is 11.6 Å². The Balaban J connectivity index is 1.83. The number of hydrogen-bond donors (Lipinski definition) is 0. The molecule has 2 aromatic heterocycles. The smallest absolute Gasteiger partial charge is 0.199 e. The van der Waals surface area contributed by atoms with E-state index in [0.717, 1.165) is 33.9 Å². The van der Waals surface area contributed by atoms with Gasteiger partial charge < -0.3 is 4.74 Å². The van der Waals surface area contributed by atoms with Crippen molar-refractivity contribution in [1.29, 1.82) is 0 Å². The van der Waals surface area contributed by atoms with Crippen molar-refractivity contribution in [3.8, 4) is 22.8 Å². The van der Waals surface area contributed by atoms with Gasteiger partial charge in [0.05, 0.1) is 18.1 Å². The summed E-state index contributed by atoms with van der Waals surface area (Å²) in [5.41, 5.74) is 4.81. The third-order valence-corrected chi connectivity index (χ3v) is 4.85. The van der Waals surface area contributed by atoms with Crippen LogP contribution in [0.15, 0.2) is 72.8 Å². The number of halogens is 1. The van der Waals surface area contributed by atoms with Gasteiger partial charge in [-0.2, -0.15) is 0 Å². The van der Waals surface area contributed by atoms with E-state index in [2.05, 4.69) is 0 Å². The predicted molar refractivity (Wildman–Crippen MR) is 111 cm³/mol. The molecule has 5 nitrogen and oxygen atoms in total. The highest BCUT2D eigenvalue weighted by atomic mass is 35.5. The summed E-state index contributed by atoms with van der Waals surface area (Å²) in [6.45, 7) is 0. The second-order valence-electron chi connectivity index (χ2n) is 6.34. The molecule has 0 aliphatic heterocycles. The number of para-hydroxylation sites is 2. The lowest BCUT2D eigenvalue weighted by atomic mass is 10.2. The van der Waals surface area contributed by atoms with Crippen molar-refractivity contribution < 1.29 is 4.74 Å². The Morgan fingerprint density at radius 1 is 0.786 bits per heavy atom. The fourth-order valence-corrected chi connectivity index (χ4v) is 3.35. The van der Waals surface area contributed by atoms with Gasteiger partial charge in [-0.1, -0.05) is 23.7 Å². The predicted octanol–water partition coefficient (Wildman–Crippen LogP) is 5.30. The van der Waals surface area contributed by atoms with Gasteiger partial charge in [-0.05, 0) is 60.7 Å². The molecular formula is C22H15ClN4O. The number of ether oxygens (including phenoxy) is 1. The molecule has 0 spiro atoms. The van der Waals surface area contributed by atoms with Gasteiger partial charge >= 0.3 is 0 Å². The van der Waals surface area contributed by atoms with Crippen molar-refractivity contribution >= 4 is 33.9 Å². The number of imidazole rings is 1. The summed E-state index contributed by atoms with van der Waals surface area (Å²) in [7, 11) is 1.65. The molecule has 0 unspecified atom stereocenters. The highest BCUT2D eigenvalue weighted by Gasteiger charge is 2.17. The standard InChI is InChI=1S/C22H15ClN4O/c1-28-17-12-10-16(11-13-17)27-21(14-6-8-15(23)9-7-14)26-20-22(27)25-19-5-3-2-4-18(19)24-20/h2-13H,1H3. The molecule has 0 saturated carbocycles. The van der Waals surface area contributed by atoms with Gasteiger partial charge in [-0.15, -0.1) is 0 Å². The van der Waals surface area contributed by atoms with Crippen molar-refractivity contribution in [2.75, 3.05) is 7.11 Å². The van der Waals surface area contributed by atoms with Crippen molar-refractivity contribution in [3.63, 3.8) is 0 Å². The number of methoxy groups -OCH3 is 1. The first-order chi connectivity index (χ1) is 13.7. The average Bonchev–Trinajstić information content (AvgIpc) is 3.11. The number of benzene rings is 3. The molecule has 0 N–H and O–H groups in total. The molecule has 6 heteroatoms. The third kappa shape index (κ3) is 2.77. The van der Waals surface area contributed by atoms with Gasteiger partial charge in [0.1, 0.15) is 11.6 Å². The maximum atomic E-state index is 6.07. The molecule has 0 radical (unpaired) electrons. The topological polar surface area (TPSA) is 52.8 Å². The van der Waals surface area contributed by atoms with Crippen LogP contribution in [0.1, 0.15) is 0 Å². The van der Waals surface area contributed by atoms with Crippen LogP contribution in [0, 0.1) is 0 Å². The summed E-state index contributed by atoms with van der Waals surface area (Å²) in [6, 6.07) is 23.2. The minimum atomic E-state index is 0.597. The van der Waals surface area contributed by atoms with E-state index >= 15 is 0 Å². The van der Waals surface area contributed by atoms with E-state index < -0.39 is 0 Å². The Labute approximate surface area is 166 Å². The van der Waals surface area contributed by atoms with Gasteiger partial charge in [0.25, 0.3) is 0 Å². The summed E-state index contributed by atoms with van der Waals surface area (Å²) in [4.78, 5) is 14.4. The van der Waals surface area contributed by atoms with Crippen molar-refractivity contribution in [1.82, 2.24) is 19.5 Å². The lowest BCUT2D eigenvalue weighted by Crippen LogP contribution is -1.99. The van der Waals surface area contributed by atoms with Crippen LogP contribution in [0.5, 0.6) is 5.75 Å². The maximum Gasteiger partial charge on any atom is 0.199 e. The lowest BCUT2D eigenvalue weighted by molar-refractivity contribution is 0.415. The lowest BCUT2D eigenvalue weighted by Gasteiger charge is -2.10. The summed E-state index contributed by atoms with van der Waals surface area (Å²) in [6.07, 6.45) is 0. The number of fused-ring (bicyclic) bond motifs is 2. The first kappa shape index (κ1) is 16.7. The molecule has 5 aromatic rings. The van der Waals surface area contributed by atoms with Gasteiger partial charge in [0.2, 0.25) is 0 Å². The van der Waals surface area contributed by atoms with Gasteiger partial charge in [0.15, 0.2) is 11.3 Å². The van der Waals surface area contributed by atoms with Crippen molar-refractivity contribution in [2.24, 2.45) is 0 Å². The Bertz CT molecular complexity index is 1290. The van der Waals surface area contributed by atoms with Crippen molar-refractivity contribution in [2.45, 2.75) is 0 Å². The molecule has 0 aliphatic rings. The van der Waals surface area contributed by atoms with Crippen LogP contribution in [-0.4, -0.2) is 26.6 Å². The van der Waals surface area contributed by atoms with Crippen molar-refractivity contribution in [3.05, 3.63) is 77.8 Å². The molecule has 0 aliphatic carbocycles. The van der Waals surface area contributed by atoms with E-state index in [1.165, 1.54) is 0 Å². The minimum absolute atomic E-state index is 0.597. The molecule has 0 fully saturated rings. The molecule has 0 bridgehead atoms. The quantitative estimate of drug-likeness (QED) is 0.422. The molecule has 28 heavy (non-hydrogen) atoms. The number of nitrogens with zero attached hydrogens (tertiary/aromatic N) is 4. The fourth-order valence-electron chi connectivity index (χ4n) is 3.23. The molecule has 0 atom stereocenters. The van der Waals surface area contributed by atoms with E-state index in [1.807, 2.05) is 77.4 Å². The van der Waals surface area contributed by atoms with Gasteiger partial charge in [-0.25, -0.2) is 15.0 Å². The van der Waals surface area contributed by atoms with E-state index in [-0.39, 0.29) is 0 Å². The number of aromatic nitrogens is 4. The first-order valence-corrected chi connectivity index (χ1v) is 9.16. The number of rotatable bonds is 3. The summed E-state index contributed by atoms with van der Waals surface area (Å²) >= 11 is 6.07. The zero-order chi connectivity index (χ0) is 19.1. The van der Waals surface area contributed by atoms with Crippen LogP contribution in [0.2, 0.25) is 5.02 Å². The largest absolute Gasteiger partial charge is 0.497 e.